The van der Waals surface area contributed by atoms with Gasteiger partial charge in [-0.05, 0) is 12.1 Å². The molecule has 0 radical (unpaired) electrons. The van der Waals surface area contributed by atoms with E-state index >= 15 is 0 Å². The van der Waals surface area contributed by atoms with Crippen LogP contribution in [0.25, 0.3) is 0 Å². The van der Waals surface area contributed by atoms with Gasteiger partial charge in [0.15, 0.2) is 5.82 Å². The number of rotatable bonds is 3. The Kier molecular flexibility index (Phi) is 4.47. The van der Waals surface area contributed by atoms with Crippen molar-refractivity contribution >= 4 is 5.91 Å². The van der Waals surface area contributed by atoms with Crippen molar-refractivity contribution in [2.24, 2.45) is 12.8 Å². The molecule has 102 valence electrons. The van der Waals surface area contributed by atoms with E-state index < -0.39 is 0 Å². The van der Waals surface area contributed by atoms with Crippen LogP contribution < -0.4 is 11.1 Å². The molecule has 0 bridgehead atoms. The van der Waals surface area contributed by atoms with E-state index in [2.05, 4.69) is 27.4 Å². The van der Waals surface area contributed by atoms with Crippen LogP contribution in [-0.2, 0) is 13.6 Å². The molecule has 3 N–H and O–H groups in total. The average Bonchev–Trinajstić information content (AvgIpc) is 2.88. The predicted octanol–water partition coefficient (Wildman–Crippen LogP) is 0.0553. The van der Waals surface area contributed by atoms with Crippen LogP contribution in [0, 0.1) is 11.8 Å². The summed E-state index contributed by atoms with van der Waals surface area (Å²) in [5, 5.41) is 10.5. The molecular weight excluding hydrogens is 254 g/mol. The van der Waals surface area contributed by atoms with Gasteiger partial charge in [-0.15, -0.1) is 10.2 Å². The third-order valence-electron chi connectivity index (χ3n) is 2.71. The molecule has 1 aromatic heterocycles. The van der Waals surface area contributed by atoms with Crippen LogP contribution >= 0.6 is 0 Å². The lowest BCUT2D eigenvalue weighted by molar-refractivity contribution is 0.0949. The Morgan fingerprint density at radius 1 is 1.45 bits per heavy atom. The van der Waals surface area contributed by atoms with E-state index in [-0.39, 0.29) is 12.5 Å². The zero-order chi connectivity index (χ0) is 14.4. The highest BCUT2D eigenvalue weighted by atomic mass is 16.1. The summed E-state index contributed by atoms with van der Waals surface area (Å²) in [5.41, 5.74) is 6.53. The lowest BCUT2D eigenvalue weighted by Gasteiger charge is -2.06. The van der Waals surface area contributed by atoms with Crippen molar-refractivity contribution in [1.29, 1.82) is 0 Å². The molecule has 6 nitrogen and oxygen atoms in total. The molecule has 0 unspecified atom stereocenters. The van der Waals surface area contributed by atoms with E-state index in [1.54, 1.807) is 29.1 Å². The Labute approximate surface area is 117 Å². The second kappa shape index (κ2) is 6.50. The molecule has 6 heteroatoms. The number of nitrogens with two attached hydrogens (primary N) is 1. The first kappa shape index (κ1) is 13.8. The molecular formula is C14H15N5O. The molecule has 20 heavy (non-hydrogen) atoms. The molecule has 1 amide bonds. The lowest BCUT2D eigenvalue weighted by atomic mass is 10.1. The molecule has 2 rings (SSSR count). The lowest BCUT2D eigenvalue weighted by Crippen LogP contribution is -2.25. The van der Waals surface area contributed by atoms with Crippen molar-refractivity contribution in [1.82, 2.24) is 20.1 Å². The van der Waals surface area contributed by atoms with Crippen molar-refractivity contribution in [3.63, 3.8) is 0 Å². The minimum Gasteiger partial charge on any atom is -0.345 e. The summed E-state index contributed by atoms with van der Waals surface area (Å²) < 4.78 is 1.75. The van der Waals surface area contributed by atoms with Gasteiger partial charge in [0.05, 0.1) is 18.7 Å². The largest absolute Gasteiger partial charge is 0.345 e. The minimum absolute atomic E-state index is 0.199. The quantitative estimate of drug-likeness (QED) is 0.771. The second-order valence-electron chi connectivity index (χ2n) is 4.09. The van der Waals surface area contributed by atoms with E-state index in [1.165, 1.54) is 0 Å². The summed E-state index contributed by atoms with van der Waals surface area (Å²) in [7, 11) is 1.82. The Morgan fingerprint density at radius 3 is 2.95 bits per heavy atom. The fraction of sp³-hybridized carbons (Fsp3) is 0.214. The SMILES string of the molecule is Cn1cnnc1CNC(=O)c1ccccc1C#CCN. The van der Waals surface area contributed by atoms with E-state index in [1.807, 2.05) is 13.1 Å². The van der Waals surface area contributed by atoms with Gasteiger partial charge in [-0.3, -0.25) is 4.79 Å². The monoisotopic (exact) mass is 269 g/mol. The minimum atomic E-state index is -0.199. The first-order valence-electron chi connectivity index (χ1n) is 6.11. The maximum atomic E-state index is 12.2. The summed E-state index contributed by atoms with van der Waals surface area (Å²) in [6, 6.07) is 7.15. The van der Waals surface area contributed by atoms with Crippen LogP contribution in [0.2, 0.25) is 0 Å². The van der Waals surface area contributed by atoms with Gasteiger partial charge in [-0.25, -0.2) is 0 Å². The van der Waals surface area contributed by atoms with Crippen LogP contribution in [0.4, 0.5) is 0 Å². The number of carbonyl (C=O) groups excluding carboxylic acids is 1. The number of nitrogens with one attached hydrogen (secondary N) is 1. The van der Waals surface area contributed by atoms with Gasteiger partial charge in [-0.2, -0.15) is 0 Å². The van der Waals surface area contributed by atoms with Crippen molar-refractivity contribution in [3.8, 4) is 11.8 Å². The van der Waals surface area contributed by atoms with E-state index in [0.717, 1.165) is 0 Å². The molecule has 0 fully saturated rings. The summed E-state index contributed by atoms with van der Waals surface area (Å²) in [4.78, 5) is 12.2. The highest BCUT2D eigenvalue weighted by Crippen LogP contribution is 2.07. The van der Waals surface area contributed by atoms with Gasteiger partial charge in [0.25, 0.3) is 5.91 Å². The fourth-order valence-electron chi connectivity index (χ4n) is 1.66. The first-order chi connectivity index (χ1) is 9.72. The molecule has 0 saturated heterocycles. The van der Waals surface area contributed by atoms with E-state index in [0.29, 0.717) is 23.5 Å². The van der Waals surface area contributed by atoms with Gasteiger partial charge >= 0.3 is 0 Å². The smallest absolute Gasteiger partial charge is 0.252 e. The van der Waals surface area contributed by atoms with Crippen LogP contribution in [0.5, 0.6) is 0 Å². The third kappa shape index (κ3) is 3.22. The fourth-order valence-corrected chi connectivity index (χ4v) is 1.66. The highest BCUT2D eigenvalue weighted by Gasteiger charge is 2.10. The summed E-state index contributed by atoms with van der Waals surface area (Å²) >= 11 is 0. The molecule has 0 aliphatic carbocycles. The maximum absolute atomic E-state index is 12.2. The summed E-state index contributed by atoms with van der Waals surface area (Å²) in [5.74, 6) is 6.12. The number of nitrogens with zero attached hydrogens (tertiary/aromatic N) is 3. The highest BCUT2D eigenvalue weighted by molar-refractivity contribution is 5.96. The van der Waals surface area contributed by atoms with Crippen LogP contribution in [0.15, 0.2) is 30.6 Å². The molecule has 1 heterocycles. The number of hydrogen-bond acceptors (Lipinski definition) is 4. The van der Waals surface area contributed by atoms with Gasteiger partial charge in [0, 0.05) is 12.6 Å². The van der Waals surface area contributed by atoms with Crippen molar-refractivity contribution in [3.05, 3.63) is 47.5 Å². The number of aromatic nitrogens is 3. The Bertz CT molecular complexity index is 665. The number of carbonyl (C=O) groups is 1. The standard InChI is InChI=1S/C14H15N5O/c1-19-10-17-18-13(19)9-16-14(20)12-7-3-2-5-11(12)6-4-8-15/h2-3,5,7,10H,8-9,15H2,1H3,(H,16,20). The van der Waals surface area contributed by atoms with E-state index in [9.17, 15) is 4.79 Å². The van der Waals surface area contributed by atoms with Crippen LogP contribution in [0.3, 0.4) is 0 Å². The molecule has 2 aromatic rings. The Hall–Kier alpha value is -2.65. The summed E-state index contributed by atoms with van der Waals surface area (Å²) in [6.07, 6.45) is 1.59. The van der Waals surface area contributed by atoms with Crippen molar-refractivity contribution in [2.45, 2.75) is 6.54 Å². The number of aryl methyl sites for hydroxylation is 1. The molecule has 0 aliphatic rings. The van der Waals surface area contributed by atoms with Gasteiger partial charge in [0.2, 0.25) is 0 Å². The number of benzene rings is 1. The van der Waals surface area contributed by atoms with E-state index in [4.69, 9.17) is 5.73 Å². The zero-order valence-corrected chi connectivity index (χ0v) is 11.1. The van der Waals surface area contributed by atoms with Crippen LogP contribution in [-0.4, -0.2) is 27.2 Å². The van der Waals surface area contributed by atoms with Gasteiger partial charge in [0.1, 0.15) is 6.33 Å². The second-order valence-corrected chi connectivity index (χ2v) is 4.09. The zero-order valence-electron chi connectivity index (χ0n) is 11.1. The topological polar surface area (TPSA) is 85.8 Å². The predicted molar refractivity (Wildman–Crippen MR) is 74.5 cm³/mol. The average molecular weight is 269 g/mol. The normalized spacial score (nSPS) is 9.70. The summed E-state index contributed by atoms with van der Waals surface area (Å²) in [6.45, 7) is 0.572. The molecule has 0 saturated carbocycles. The van der Waals surface area contributed by atoms with Crippen molar-refractivity contribution in [2.75, 3.05) is 6.54 Å². The Morgan fingerprint density at radius 2 is 2.25 bits per heavy atom. The third-order valence-corrected chi connectivity index (χ3v) is 2.71. The Balaban J connectivity index is 2.11. The molecule has 1 aromatic carbocycles. The van der Waals surface area contributed by atoms with Gasteiger partial charge < -0.3 is 15.6 Å². The number of amides is 1. The molecule has 0 spiro atoms. The maximum Gasteiger partial charge on any atom is 0.252 e. The first-order valence-corrected chi connectivity index (χ1v) is 6.11. The van der Waals surface area contributed by atoms with Crippen molar-refractivity contribution < 1.29 is 4.79 Å². The molecule has 0 aliphatic heterocycles. The van der Waals surface area contributed by atoms with Crippen LogP contribution in [0.1, 0.15) is 21.7 Å². The van der Waals surface area contributed by atoms with Gasteiger partial charge in [-0.1, -0.05) is 24.0 Å². The molecule has 0 atom stereocenters. The number of hydrogen-bond donors (Lipinski definition) is 2.